The highest BCUT2D eigenvalue weighted by atomic mass is 35.5. The van der Waals surface area contributed by atoms with Crippen molar-refractivity contribution in [1.82, 2.24) is 0 Å². The third-order valence-electron chi connectivity index (χ3n) is 1.60. The number of alkyl halides is 1. The predicted octanol–water partition coefficient (Wildman–Crippen LogP) is 2.77. The van der Waals surface area contributed by atoms with E-state index in [2.05, 4.69) is 0 Å². The maximum absolute atomic E-state index is 11.2. The first-order valence-electron chi connectivity index (χ1n) is 3.61. The third-order valence-corrected chi connectivity index (χ3v) is 2.17. The summed E-state index contributed by atoms with van der Waals surface area (Å²) in [6, 6.07) is 4.88. The Morgan fingerprint density at radius 2 is 2.23 bits per heavy atom. The van der Waals surface area contributed by atoms with Gasteiger partial charge in [-0.1, -0.05) is 11.6 Å². The number of rotatable bonds is 3. The Kier molecular flexibility index (Phi) is 3.58. The summed E-state index contributed by atoms with van der Waals surface area (Å²) in [7, 11) is 1.53. The Morgan fingerprint density at radius 1 is 1.54 bits per heavy atom. The maximum Gasteiger partial charge on any atom is 0.179 e. The topological polar surface area (TPSA) is 26.3 Å². The molecule has 0 saturated carbocycles. The quantitative estimate of drug-likeness (QED) is 0.577. The van der Waals surface area contributed by atoms with Gasteiger partial charge in [0.2, 0.25) is 0 Å². The van der Waals surface area contributed by atoms with E-state index in [9.17, 15) is 4.79 Å². The molecule has 0 amide bonds. The Morgan fingerprint density at radius 3 is 2.77 bits per heavy atom. The van der Waals surface area contributed by atoms with Gasteiger partial charge in [-0.2, -0.15) is 0 Å². The van der Waals surface area contributed by atoms with Crippen molar-refractivity contribution in [2.24, 2.45) is 0 Å². The van der Waals surface area contributed by atoms with Crippen molar-refractivity contribution in [3.63, 3.8) is 0 Å². The smallest absolute Gasteiger partial charge is 0.179 e. The fraction of sp³-hybridized carbons (Fsp3) is 0.222. The van der Waals surface area contributed by atoms with Gasteiger partial charge in [-0.15, -0.1) is 11.6 Å². The van der Waals surface area contributed by atoms with Crippen LogP contribution in [0.5, 0.6) is 5.75 Å². The highest BCUT2D eigenvalue weighted by Crippen LogP contribution is 2.22. The zero-order valence-electron chi connectivity index (χ0n) is 7.01. The highest BCUT2D eigenvalue weighted by molar-refractivity contribution is 6.37. The molecule has 1 aromatic rings. The number of methoxy groups -OCH3 is 1. The molecule has 70 valence electrons. The molecule has 0 aliphatic heterocycles. The fourth-order valence-electron chi connectivity index (χ4n) is 0.917. The molecule has 0 radical (unpaired) electrons. The van der Waals surface area contributed by atoms with E-state index in [1.165, 1.54) is 7.11 Å². The van der Waals surface area contributed by atoms with Crippen LogP contribution in [-0.4, -0.2) is 18.8 Å². The monoisotopic (exact) mass is 218 g/mol. The molecule has 0 atom stereocenters. The minimum absolute atomic E-state index is 0.0765. The molecule has 2 nitrogen and oxygen atoms in total. The van der Waals surface area contributed by atoms with Crippen LogP contribution >= 0.6 is 23.2 Å². The summed E-state index contributed by atoms with van der Waals surface area (Å²) in [6.07, 6.45) is 0. The summed E-state index contributed by atoms with van der Waals surface area (Å²) in [6.45, 7) is 0. The number of carbonyl (C=O) groups excluding carboxylic acids is 1. The van der Waals surface area contributed by atoms with Gasteiger partial charge in [-0.25, -0.2) is 0 Å². The lowest BCUT2D eigenvalue weighted by Crippen LogP contribution is -2.01. The van der Waals surface area contributed by atoms with E-state index >= 15 is 0 Å². The van der Waals surface area contributed by atoms with Crippen LogP contribution in [0.2, 0.25) is 5.02 Å². The van der Waals surface area contributed by atoms with E-state index in [4.69, 9.17) is 27.9 Å². The first kappa shape index (κ1) is 10.4. The van der Waals surface area contributed by atoms with Gasteiger partial charge in [0.25, 0.3) is 0 Å². The fourth-order valence-corrected chi connectivity index (χ4v) is 1.28. The SMILES string of the molecule is COc1ccc(Cl)c(C(=O)CCl)c1. The van der Waals surface area contributed by atoms with Crippen LogP contribution in [0.15, 0.2) is 18.2 Å². The summed E-state index contributed by atoms with van der Waals surface area (Å²) in [5.74, 6) is 0.316. The summed E-state index contributed by atoms with van der Waals surface area (Å²) >= 11 is 11.2. The summed E-state index contributed by atoms with van der Waals surface area (Å²) in [5.41, 5.74) is 0.399. The summed E-state index contributed by atoms with van der Waals surface area (Å²) < 4.78 is 4.95. The molecule has 4 heteroatoms. The van der Waals surface area contributed by atoms with Crippen LogP contribution in [0.25, 0.3) is 0 Å². The molecule has 0 saturated heterocycles. The predicted molar refractivity (Wildman–Crippen MR) is 53.1 cm³/mol. The van der Waals surface area contributed by atoms with Crippen LogP contribution in [0.3, 0.4) is 0 Å². The second-order valence-electron chi connectivity index (χ2n) is 2.40. The van der Waals surface area contributed by atoms with Gasteiger partial charge in [0.1, 0.15) is 5.75 Å². The number of hydrogen-bond donors (Lipinski definition) is 0. The highest BCUT2D eigenvalue weighted by Gasteiger charge is 2.09. The third kappa shape index (κ3) is 2.36. The Labute approximate surface area is 86.4 Å². The minimum Gasteiger partial charge on any atom is -0.497 e. The van der Waals surface area contributed by atoms with E-state index in [-0.39, 0.29) is 11.7 Å². The van der Waals surface area contributed by atoms with Gasteiger partial charge in [0, 0.05) is 5.56 Å². The average molecular weight is 219 g/mol. The standard InChI is InChI=1S/C9H8Cl2O2/c1-13-6-2-3-8(11)7(4-6)9(12)5-10/h2-4H,5H2,1H3. The van der Waals surface area contributed by atoms with Gasteiger partial charge in [-0.05, 0) is 18.2 Å². The molecular weight excluding hydrogens is 211 g/mol. The van der Waals surface area contributed by atoms with E-state index in [0.717, 1.165) is 0 Å². The molecule has 0 heterocycles. The van der Waals surface area contributed by atoms with E-state index in [1.54, 1.807) is 18.2 Å². The van der Waals surface area contributed by atoms with Crippen molar-refractivity contribution in [3.8, 4) is 5.75 Å². The van der Waals surface area contributed by atoms with Crippen molar-refractivity contribution in [2.45, 2.75) is 0 Å². The average Bonchev–Trinajstić information content (AvgIpc) is 2.17. The zero-order chi connectivity index (χ0) is 9.84. The number of carbonyl (C=O) groups is 1. The Balaban J connectivity index is 3.11. The molecular formula is C9H8Cl2O2. The molecule has 0 spiro atoms. The lowest BCUT2D eigenvalue weighted by atomic mass is 10.1. The number of Topliss-reactive ketones (excluding diaryl/α,β-unsaturated/α-hetero) is 1. The first-order chi connectivity index (χ1) is 6.19. The lowest BCUT2D eigenvalue weighted by Gasteiger charge is -2.03. The largest absolute Gasteiger partial charge is 0.497 e. The molecule has 13 heavy (non-hydrogen) atoms. The van der Waals surface area contributed by atoms with E-state index in [0.29, 0.717) is 16.3 Å². The molecule has 0 aliphatic carbocycles. The second-order valence-corrected chi connectivity index (χ2v) is 3.08. The normalized spacial score (nSPS) is 9.77. The van der Waals surface area contributed by atoms with Crippen molar-refractivity contribution in [3.05, 3.63) is 28.8 Å². The van der Waals surface area contributed by atoms with Crippen LogP contribution in [0.1, 0.15) is 10.4 Å². The van der Waals surface area contributed by atoms with E-state index in [1.807, 2.05) is 0 Å². The van der Waals surface area contributed by atoms with Crippen LogP contribution in [-0.2, 0) is 0 Å². The van der Waals surface area contributed by atoms with Gasteiger partial charge >= 0.3 is 0 Å². The van der Waals surface area contributed by atoms with Gasteiger partial charge < -0.3 is 4.74 Å². The van der Waals surface area contributed by atoms with Crippen LogP contribution < -0.4 is 4.74 Å². The number of halogens is 2. The molecule has 0 N–H and O–H groups in total. The van der Waals surface area contributed by atoms with Crippen LogP contribution in [0.4, 0.5) is 0 Å². The molecule has 1 rings (SSSR count). The number of benzene rings is 1. The first-order valence-corrected chi connectivity index (χ1v) is 4.53. The van der Waals surface area contributed by atoms with Gasteiger partial charge in [0.15, 0.2) is 5.78 Å². The van der Waals surface area contributed by atoms with Gasteiger partial charge in [-0.3, -0.25) is 4.79 Å². The molecule has 0 unspecified atom stereocenters. The molecule has 0 fully saturated rings. The Hall–Kier alpha value is -0.730. The van der Waals surface area contributed by atoms with Crippen LogP contribution in [0, 0.1) is 0 Å². The maximum atomic E-state index is 11.2. The molecule has 1 aromatic carbocycles. The number of hydrogen-bond acceptors (Lipinski definition) is 2. The lowest BCUT2D eigenvalue weighted by molar-refractivity contribution is 0.102. The van der Waals surface area contributed by atoms with Crippen molar-refractivity contribution in [1.29, 1.82) is 0 Å². The number of ketones is 1. The Bertz CT molecular complexity index is 323. The second kappa shape index (κ2) is 4.49. The van der Waals surface area contributed by atoms with Crippen molar-refractivity contribution in [2.75, 3.05) is 13.0 Å². The summed E-state index contributed by atoms with van der Waals surface area (Å²) in [5, 5.41) is 0.395. The minimum atomic E-state index is -0.203. The van der Waals surface area contributed by atoms with E-state index < -0.39 is 0 Å². The summed E-state index contributed by atoms with van der Waals surface area (Å²) in [4.78, 5) is 11.2. The number of ether oxygens (including phenoxy) is 1. The molecule has 0 aromatic heterocycles. The molecule has 0 bridgehead atoms. The van der Waals surface area contributed by atoms with Gasteiger partial charge in [0.05, 0.1) is 18.0 Å². The zero-order valence-corrected chi connectivity index (χ0v) is 8.52. The molecule has 0 aliphatic rings. The van der Waals surface area contributed by atoms with Crippen molar-refractivity contribution >= 4 is 29.0 Å². The van der Waals surface area contributed by atoms with Crippen molar-refractivity contribution < 1.29 is 9.53 Å².